The van der Waals surface area contributed by atoms with Gasteiger partial charge in [-0.3, -0.25) is 4.79 Å². The summed E-state index contributed by atoms with van der Waals surface area (Å²) in [7, 11) is -2.94. The van der Waals surface area contributed by atoms with Crippen LogP contribution in [0.25, 0.3) is 0 Å². The molecule has 1 unspecified atom stereocenters. The van der Waals surface area contributed by atoms with Crippen molar-refractivity contribution < 1.29 is 13.2 Å². The minimum Gasteiger partial charge on any atom is -0.344 e. The van der Waals surface area contributed by atoms with Crippen LogP contribution in [0.1, 0.15) is 34.2 Å². The van der Waals surface area contributed by atoms with E-state index in [1.807, 2.05) is 29.9 Å². The third kappa shape index (κ3) is 3.54. The van der Waals surface area contributed by atoms with E-state index >= 15 is 0 Å². The van der Waals surface area contributed by atoms with Crippen molar-refractivity contribution >= 4 is 38.7 Å². The highest BCUT2D eigenvalue weighted by atomic mass is 32.2. The number of rotatable bonds is 5. The van der Waals surface area contributed by atoms with Gasteiger partial charge in [-0.05, 0) is 26.3 Å². The summed E-state index contributed by atoms with van der Waals surface area (Å²) in [4.78, 5) is 16.7. The number of thiazole rings is 1. The number of ketones is 1. The zero-order chi connectivity index (χ0) is 16.6. The summed E-state index contributed by atoms with van der Waals surface area (Å²) >= 11 is 2.96. The lowest BCUT2D eigenvalue weighted by Gasteiger charge is -2.16. The summed E-state index contributed by atoms with van der Waals surface area (Å²) in [6, 6.07) is 1.83. The highest BCUT2D eigenvalue weighted by Gasteiger charge is 2.31. The normalized spacial score (nSPS) is 20.0. The molecular weight excluding hydrogens is 352 g/mol. The minimum atomic E-state index is -2.94. The molecule has 5 nitrogen and oxygen atoms in total. The molecule has 0 spiro atoms. The molecule has 0 amide bonds. The molecule has 8 heteroatoms. The van der Waals surface area contributed by atoms with Crippen LogP contribution in [0.2, 0.25) is 0 Å². The van der Waals surface area contributed by atoms with E-state index in [9.17, 15) is 13.2 Å². The first-order valence-corrected chi connectivity index (χ1v) is 11.0. The number of aryl methyl sites for hydroxylation is 1. The van der Waals surface area contributed by atoms with Crippen LogP contribution >= 0.6 is 23.1 Å². The number of carbonyl (C=O) groups excluding carboxylic acids is 1. The predicted octanol–water partition coefficient (Wildman–Crippen LogP) is 2.90. The van der Waals surface area contributed by atoms with Crippen molar-refractivity contribution in [3.8, 4) is 0 Å². The monoisotopic (exact) mass is 370 g/mol. The van der Waals surface area contributed by atoms with E-state index in [1.54, 1.807) is 6.20 Å². The predicted molar refractivity (Wildman–Crippen MR) is 93.4 cm³/mol. The SMILES string of the molecule is Cc1cc(C(=O)CSc2nccs2)c(C)n1C1CCS(=O)(=O)C1. The van der Waals surface area contributed by atoms with Gasteiger partial charge in [-0.25, -0.2) is 13.4 Å². The van der Waals surface area contributed by atoms with Crippen LogP contribution in [0, 0.1) is 13.8 Å². The van der Waals surface area contributed by atoms with Crippen LogP contribution in [0.5, 0.6) is 0 Å². The molecule has 1 atom stereocenters. The van der Waals surface area contributed by atoms with E-state index in [1.165, 1.54) is 23.1 Å². The summed E-state index contributed by atoms with van der Waals surface area (Å²) in [5, 5.41) is 1.89. The molecule has 3 heterocycles. The summed E-state index contributed by atoms with van der Waals surface area (Å²) in [5.74, 6) is 0.814. The van der Waals surface area contributed by atoms with E-state index in [4.69, 9.17) is 0 Å². The topological polar surface area (TPSA) is 69.0 Å². The number of sulfone groups is 1. The molecule has 0 aliphatic carbocycles. The lowest BCUT2D eigenvalue weighted by atomic mass is 10.2. The Balaban J connectivity index is 1.79. The summed E-state index contributed by atoms with van der Waals surface area (Å²) in [6.45, 7) is 3.84. The van der Waals surface area contributed by atoms with E-state index in [-0.39, 0.29) is 23.3 Å². The van der Waals surface area contributed by atoms with Gasteiger partial charge in [-0.2, -0.15) is 0 Å². The van der Waals surface area contributed by atoms with Crippen LogP contribution in [0.4, 0.5) is 0 Å². The molecule has 0 bridgehead atoms. The van der Waals surface area contributed by atoms with Crippen molar-refractivity contribution in [1.82, 2.24) is 9.55 Å². The number of aromatic nitrogens is 2. The van der Waals surface area contributed by atoms with E-state index in [0.29, 0.717) is 17.7 Å². The van der Waals surface area contributed by atoms with E-state index in [2.05, 4.69) is 4.98 Å². The fourth-order valence-electron chi connectivity index (χ4n) is 3.09. The fraction of sp³-hybridized carbons (Fsp3) is 0.467. The molecule has 2 aromatic rings. The van der Waals surface area contributed by atoms with Crippen LogP contribution < -0.4 is 0 Å². The van der Waals surface area contributed by atoms with E-state index in [0.717, 1.165) is 15.7 Å². The maximum Gasteiger partial charge on any atom is 0.174 e. The van der Waals surface area contributed by atoms with E-state index < -0.39 is 9.84 Å². The van der Waals surface area contributed by atoms with Gasteiger partial charge in [0, 0.05) is 34.6 Å². The second kappa shape index (κ2) is 6.41. The quantitative estimate of drug-likeness (QED) is 0.598. The van der Waals surface area contributed by atoms with Crippen molar-refractivity contribution in [2.45, 2.75) is 30.6 Å². The second-order valence-electron chi connectivity index (χ2n) is 5.72. The van der Waals surface area contributed by atoms with Crippen molar-refractivity contribution in [3.63, 3.8) is 0 Å². The molecule has 1 fully saturated rings. The summed E-state index contributed by atoms with van der Waals surface area (Å²) < 4.78 is 26.3. The number of hydrogen-bond donors (Lipinski definition) is 0. The van der Waals surface area contributed by atoms with Gasteiger partial charge in [0.15, 0.2) is 15.6 Å². The number of thioether (sulfide) groups is 1. The van der Waals surface area contributed by atoms with Crippen LogP contribution in [0.15, 0.2) is 22.0 Å². The molecule has 0 saturated carbocycles. The highest BCUT2D eigenvalue weighted by molar-refractivity contribution is 8.01. The Morgan fingerprint density at radius 2 is 2.26 bits per heavy atom. The Labute approximate surface area is 144 Å². The maximum atomic E-state index is 12.5. The molecule has 124 valence electrons. The number of carbonyl (C=O) groups is 1. The van der Waals surface area contributed by atoms with Crippen molar-refractivity contribution in [2.75, 3.05) is 17.3 Å². The van der Waals surface area contributed by atoms with Gasteiger partial charge in [-0.15, -0.1) is 11.3 Å². The van der Waals surface area contributed by atoms with Gasteiger partial charge in [0.1, 0.15) is 4.34 Å². The zero-order valence-electron chi connectivity index (χ0n) is 13.0. The Kier molecular flexibility index (Phi) is 4.66. The first kappa shape index (κ1) is 16.7. The zero-order valence-corrected chi connectivity index (χ0v) is 15.4. The number of hydrogen-bond acceptors (Lipinski definition) is 6. The van der Waals surface area contributed by atoms with Crippen LogP contribution in [-0.4, -0.2) is 41.0 Å². The van der Waals surface area contributed by atoms with Gasteiger partial charge < -0.3 is 4.57 Å². The van der Waals surface area contributed by atoms with Gasteiger partial charge in [0.05, 0.1) is 17.3 Å². The maximum absolute atomic E-state index is 12.5. The average Bonchev–Trinajstić information content (AvgIpc) is 3.17. The van der Waals surface area contributed by atoms with Gasteiger partial charge in [0.2, 0.25) is 0 Å². The highest BCUT2D eigenvalue weighted by Crippen LogP contribution is 2.30. The molecule has 3 rings (SSSR count). The largest absolute Gasteiger partial charge is 0.344 e. The smallest absolute Gasteiger partial charge is 0.174 e. The van der Waals surface area contributed by atoms with Crippen LogP contribution in [-0.2, 0) is 9.84 Å². The second-order valence-corrected chi connectivity index (χ2v) is 10.1. The Morgan fingerprint density at radius 3 is 2.87 bits per heavy atom. The lowest BCUT2D eigenvalue weighted by Crippen LogP contribution is -2.14. The molecule has 1 aliphatic rings. The molecule has 1 saturated heterocycles. The average molecular weight is 371 g/mol. The summed E-state index contributed by atoms with van der Waals surface area (Å²) in [5.41, 5.74) is 2.51. The van der Waals surface area contributed by atoms with Crippen molar-refractivity contribution in [2.24, 2.45) is 0 Å². The first-order chi connectivity index (χ1) is 10.9. The fourth-order valence-corrected chi connectivity index (χ4v) is 6.31. The molecular formula is C15H18N2O3S3. The molecule has 23 heavy (non-hydrogen) atoms. The Morgan fingerprint density at radius 1 is 1.48 bits per heavy atom. The molecule has 0 aromatic carbocycles. The van der Waals surface area contributed by atoms with Gasteiger partial charge >= 0.3 is 0 Å². The molecule has 0 N–H and O–H groups in total. The van der Waals surface area contributed by atoms with Crippen molar-refractivity contribution in [3.05, 3.63) is 34.6 Å². The summed E-state index contributed by atoms with van der Waals surface area (Å²) in [6.07, 6.45) is 2.35. The Bertz CT molecular complexity index is 823. The lowest BCUT2D eigenvalue weighted by molar-refractivity contribution is 0.102. The Hall–Kier alpha value is -1.12. The minimum absolute atomic E-state index is 0.0480. The number of nitrogens with zero attached hydrogens (tertiary/aromatic N) is 2. The standard InChI is InChI=1S/C15H18N2O3S3/c1-10-7-13(14(18)8-22-15-16-4-5-21-15)11(2)17(10)12-3-6-23(19,20)9-12/h4-5,7,12H,3,6,8-9H2,1-2H3. The van der Waals surface area contributed by atoms with Gasteiger partial charge in [0.25, 0.3) is 0 Å². The molecule has 1 aliphatic heterocycles. The molecule has 2 aromatic heterocycles. The van der Waals surface area contributed by atoms with Crippen LogP contribution in [0.3, 0.4) is 0 Å². The molecule has 0 radical (unpaired) electrons. The number of Topliss-reactive ketones (excluding diaryl/α,β-unsaturated/α-hetero) is 1. The third-order valence-electron chi connectivity index (χ3n) is 4.09. The van der Waals surface area contributed by atoms with Crippen molar-refractivity contribution in [1.29, 1.82) is 0 Å². The third-order valence-corrected chi connectivity index (χ3v) is 7.81. The van der Waals surface area contributed by atoms with Gasteiger partial charge in [-0.1, -0.05) is 11.8 Å². The first-order valence-electron chi connectivity index (χ1n) is 7.32.